The normalized spacial score (nSPS) is 25.0. The highest BCUT2D eigenvalue weighted by molar-refractivity contribution is 6.70. The van der Waals surface area contributed by atoms with E-state index in [1.165, 1.54) is 0 Å². The van der Waals surface area contributed by atoms with E-state index in [4.69, 9.17) is 23.2 Å². The van der Waals surface area contributed by atoms with Crippen molar-refractivity contribution in [2.45, 2.75) is 17.7 Å². The quantitative estimate of drug-likeness (QED) is 0.467. The van der Waals surface area contributed by atoms with Crippen LogP contribution in [0.2, 0.25) is 0 Å². The summed E-state index contributed by atoms with van der Waals surface area (Å²) < 4.78 is 0. The van der Waals surface area contributed by atoms with Crippen LogP contribution >= 0.6 is 23.2 Å². The molecule has 11 heavy (non-hydrogen) atoms. The van der Waals surface area contributed by atoms with Crippen molar-refractivity contribution in [3.8, 4) is 0 Å². The van der Waals surface area contributed by atoms with Gasteiger partial charge in [-0.15, -0.1) is 11.6 Å². The fraction of sp³-hybridized carbons (Fsp3) is 0.857. The zero-order valence-electron chi connectivity index (χ0n) is 6.44. The summed E-state index contributed by atoms with van der Waals surface area (Å²) in [5.74, 6) is 0. The molecule has 0 spiro atoms. The largest absolute Gasteiger partial charge is 0.306 e. The molecule has 1 rings (SSSR count). The van der Waals surface area contributed by atoms with Crippen LogP contribution in [0.5, 0.6) is 0 Å². The fourth-order valence-corrected chi connectivity index (χ4v) is 1.53. The maximum atomic E-state index is 10.8. The van der Waals surface area contributed by atoms with Crippen molar-refractivity contribution in [2.24, 2.45) is 0 Å². The van der Waals surface area contributed by atoms with Crippen molar-refractivity contribution < 1.29 is 4.79 Å². The van der Waals surface area contributed by atoms with Gasteiger partial charge in [0.25, 0.3) is 0 Å². The molecule has 1 aliphatic rings. The van der Waals surface area contributed by atoms with Crippen LogP contribution in [0, 0.1) is 0 Å². The summed E-state index contributed by atoms with van der Waals surface area (Å²) in [5, 5.41) is -0.410. The molecule has 1 fully saturated rings. The third-order valence-corrected chi connectivity index (χ3v) is 3.14. The van der Waals surface area contributed by atoms with Gasteiger partial charge in [-0.05, 0) is 44.6 Å². The molecule has 0 radical (unpaired) electrons. The summed E-state index contributed by atoms with van der Waals surface area (Å²) >= 11 is 11.3. The number of likely N-dealkylation sites (tertiary alicyclic amines) is 1. The van der Waals surface area contributed by atoms with Gasteiger partial charge in [0.1, 0.15) is 4.87 Å². The SMILES string of the molecule is CN1CCC(Cl)(C(=O)Cl)CC1. The fourth-order valence-electron chi connectivity index (χ4n) is 1.17. The molecule has 0 unspecified atom stereocenters. The molecular weight excluding hydrogens is 185 g/mol. The van der Waals surface area contributed by atoms with Crippen molar-refractivity contribution in [1.29, 1.82) is 0 Å². The molecule has 4 heteroatoms. The minimum absolute atomic E-state index is 0.410. The number of alkyl halides is 1. The van der Waals surface area contributed by atoms with Crippen LogP contribution in [0.15, 0.2) is 0 Å². The Balaban J connectivity index is 2.55. The predicted octanol–water partition coefficient (Wildman–Crippen LogP) is 1.45. The molecule has 0 aromatic heterocycles. The molecule has 0 saturated carbocycles. The number of rotatable bonds is 1. The predicted molar refractivity (Wildman–Crippen MR) is 46.2 cm³/mol. The number of hydrogen-bond donors (Lipinski definition) is 0. The third-order valence-electron chi connectivity index (χ3n) is 2.13. The molecule has 1 heterocycles. The number of carbonyl (C=O) groups excluding carboxylic acids is 1. The smallest absolute Gasteiger partial charge is 0.242 e. The lowest BCUT2D eigenvalue weighted by Gasteiger charge is -2.32. The first-order valence-corrected chi connectivity index (χ1v) is 4.37. The van der Waals surface area contributed by atoms with Gasteiger partial charge in [0.05, 0.1) is 0 Å². The molecule has 64 valence electrons. The average Bonchev–Trinajstić information content (AvgIpc) is 1.95. The molecular formula is C7H11Cl2NO. The molecule has 2 nitrogen and oxygen atoms in total. The van der Waals surface area contributed by atoms with E-state index < -0.39 is 10.1 Å². The van der Waals surface area contributed by atoms with Crippen LogP contribution in [-0.2, 0) is 4.79 Å². The van der Waals surface area contributed by atoms with Gasteiger partial charge in [0.15, 0.2) is 0 Å². The van der Waals surface area contributed by atoms with Crippen LogP contribution < -0.4 is 0 Å². The van der Waals surface area contributed by atoms with E-state index in [2.05, 4.69) is 4.90 Å². The van der Waals surface area contributed by atoms with Crippen LogP contribution in [0.1, 0.15) is 12.8 Å². The lowest BCUT2D eigenvalue weighted by Crippen LogP contribution is -2.42. The van der Waals surface area contributed by atoms with Crippen molar-refractivity contribution in [3.63, 3.8) is 0 Å². The summed E-state index contributed by atoms with van der Waals surface area (Å²) in [6, 6.07) is 0. The van der Waals surface area contributed by atoms with Crippen LogP contribution in [-0.4, -0.2) is 35.2 Å². The second-order valence-corrected chi connectivity index (χ2v) is 4.11. The Kier molecular flexibility index (Phi) is 2.79. The van der Waals surface area contributed by atoms with Gasteiger partial charge in [-0.3, -0.25) is 4.79 Å². The molecule has 0 bridgehead atoms. The molecule has 0 aromatic carbocycles. The Bertz CT molecular complexity index is 164. The first-order valence-electron chi connectivity index (χ1n) is 3.62. The summed E-state index contributed by atoms with van der Waals surface area (Å²) in [6.45, 7) is 1.70. The van der Waals surface area contributed by atoms with E-state index in [9.17, 15) is 4.79 Å². The summed E-state index contributed by atoms with van der Waals surface area (Å²) in [7, 11) is 2.01. The van der Waals surface area contributed by atoms with Gasteiger partial charge in [-0.1, -0.05) is 0 Å². The molecule has 0 aliphatic carbocycles. The number of piperidine rings is 1. The van der Waals surface area contributed by atoms with E-state index in [1.807, 2.05) is 7.05 Å². The lowest BCUT2D eigenvalue weighted by atomic mass is 9.98. The minimum Gasteiger partial charge on any atom is -0.306 e. The molecule has 0 aromatic rings. The van der Waals surface area contributed by atoms with Crippen molar-refractivity contribution in [3.05, 3.63) is 0 Å². The number of halogens is 2. The zero-order chi connectivity index (χ0) is 8.48. The van der Waals surface area contributed by atoms with Crippen molar-refractivity contribution >= 4 is 28.4 Å². The van der Waals surface area contributed by atoms with E-state index in [0.717, 1.165) is 13.1 Å². The van der Waals surface area contributed by atoms with Crippen molar-refractivity contribution in [1.82, 2.24) is 4.90 Å². The highest BCUT2D eigenvalue weighted by atomic mass is 35.5. The Morgan fingerprint density at radius 1 is 1.45 bits per heavy atom. The van der Waals surface area contributed by atoms with E-state index in [-0.39, 0.29) is 0 Å². The van der Waals surface area contributed by atoms with Crippen molar-refractivity contribution in [2.75, 3.05) is 20.1 Å². The van der Waals surface area contributed by atoms with Gasteiger partial charge in [0.2, 0.25) is 5.24 Å². The van der Waals surface area contributed by atoms with Crippen LogP contribution in [0.4, 0.5) is 0 Å². The first kappa shape index (κ1) is 9.30. The van der Waals surface area contributed by atoms with Gasteiger partial charge in [0, 0.05) is 0 Å². The zero-order valence-corrected chi connectivity index (χ0v) is 7.95. The molecule has 1 saturated heterocycles. The van der Waals surface area contributed by atoms with E-state index in [1.54, 1.807) is 0 Å². The Morgan fingerprint density at radius 3 is 2.27 bits per heavy atom. The lowest BCUT2D eigenvalue weighted by molar-refractivity contribution is -0.115. The number of nitrogens with zero attached hydrogens (tertiary/aromatic N) is 1. The second-order valence-electron chi connectivity index (χ2n) is 3.04. The van der Waals surface area contributed by atoms with E-state index >= 15 is 0 Å². The average molecular weight is 196 g/mol. The van der Waals surface area contributed by atoms with Crippen LogP contribution in [0.25, 0.3) is 0 Å². The molecule has 1 aliphatic heterocycles. The molecule has 0 amide bonds. The third kappa shape index (κ3) is 2.08. The molecule has 0 atom stereocenters. The second kappa shape index (κ2) is 3.30. The maximum absolute atomic E-state index is 10.8. The summed E-state index contributed by atoms with van der Waals surface area (Å²) in [4.78, 5) is 12.2. The minimum atomic E-state index is -0.784. The van der Waals surface area contributed by atoms with Gasteiger partial charge >= 0.3 is 0 Å². The monoisotopic (exact) mass is 195 g/mol. The number of hydrogen-bond acceptors (Lipinski definition) is 2. The Morgan fingerprint density at radius 2 is 1.91 bits per heavy atom. The van der Waals surface area contributed by atoms with Gasteiger partial charge in [-0.25, -0.2) is 0 Å². The highest BCUT2D eigenvalue weighted by Crippen LogP contribution is 2.30. The maximum Gasteiger partial charge on any atom is 0.242 e. The number of carbonyl (C=O) groups is 1. The Hall–Kier alpha value is 0.210. The van der Waals surface area contributed by atoms with E-state index in [0.29, 0.717) is 12.8 Å². The topological polar surface area (TPSA) is 20.3 Å². The standard InChI is InChI=1S/C7H11Cl2NO/c1-10-4-2-7(9,3-5-10)6(8)11/h2-5H2,1H3. The first-order chi connectivity index (χ1) is 5.04. The molecule has 0 N–H and O–H groups in total. The Labute approximate surface area is 76.5 Å². The highest BCUT2D eigenvalue weighted by Gasteiger charge is 2.37. The van der Waals surface area contributed by atoms with Crippen LogP contribution in [0.3, 0.4) is 0 Å². The summed E-state index contributed by atoms with van der Waals surface area (Å²) in [6.07, 6.45) is 1.32. The summed E-state index contributed by atoms with van der Waals surface area (Å²) in [5.41, 5.74) is 0. The van der Waals surface area contributed by atoms with Gasteiger partial charge in [-0.2, -0.15) is 0 Å². The van der Waals surface area contributed by atoms with Gasteiger partial charge < -0.3 is 4.90 Å².